The summed E-state index contributed by atoms with van der Waals surface area (Å²) in [7, 11) is 1.58. The van der Waals surface area contributed by atoms with Crippen molar-refractivity contribution in [2.45, 2.75) is 31.8 Å². The van der Waals surface area contributed by atoms with E-state index in [1.807, 2.05) is 6.92 Å². The highest BCUT2D eigenvalue weighted by molar-refractivity contribution is 5.91. The number of hydrogen-bond donors (Lipinski definition) is 3. The number of rotatable bonds is 6. The molecule has 0 aromatic rings. The maximum atomic E-state index is 12.1. The Balaban J connectivity index is 2.62. The van der Waals surface area contributed by atoms with Crippen LogP contribution in [0.2, 0.25) is 0 Å². The molecule has 20 heavy (non-hydrogen) atoms. The number of carboxylic acids is 1. The Hall–Kier alpha value is -1.83. The molecule has 1 aliphatic rings. The highest BCUT2D eigenvalue weighted by Crippen LogP contribution is 2.10. The first-order chi connectivity index (χ1) is 9.45. The molecule has 2 unspecified atom stereocenters. The number of aliphatic carboxylic acids is 1. The second-order valence-electron chi connectivity index (χ2n) is 4.73. The number of carboxylic acid groups (broad SMARTS) is 1. The van der Waals surface area contributed by atoms with Crippen molar-refractivity contribution in [1.82, 2.24) is 15.5 Å². The van der Waals surface area contributed by atoms with Crippen LogP contribution in [-0.2, 0) is 14.3 Å². The Morgan fingerprint density at radius 2 is 2.30 bits per heavy atom. The average Bonchev–Trinajstić information content (AvgIpc) is 2.38. The molecule has 3 amide bonds. The fourth-order valence-corrected chi connectivity index (χ4v) is 1.99. The van der Waals surface area contributed by atoms with Gasteiger partial charge in [0.1, 0.15) is 6.04 Å². The molecule has 0 aromatic carbocycles. The van der Waals surface area contributed by atoms with Crippen molar-refractivity contribution in [2.75, 3.05) is 26.8 Å². The molecule has 1 fully saturated rings. The van der Waals surface area contributed by atoms with Gasteiger partial charge in [0.15, 0.2) is 0 Å². The molecule has 3 N–H and O–H groups in total. The van der Waals surface area contributed by atoms with Gasteiger partial charge in [0.2, 0.25) is 5.91 Å². The summed E-state index contributed by atoms with van der Waals surface area (Å²) in [4.78, 5) is 35.9. The number of amides is 3. The molecule has 8 nitrogen and oxygen atoms in total. The number of piperazine rings is 1. The number of carbonyl (C=O) groups excluding carboxylic acids is 2. The van der Waals surface area contributed by atoms with Gasteiger partial charge in [0, 0.05) is 32.8 Å². The maximum Gasteiger partial charge on any atom is 0.318 e. The van der Waals surface area contributed by atoms with Crippen LogP contribution in [0.5, 0.6) is 0 Å². The zero-order chi connectivity index (χ0) is 15.1. The molecule has 0 saturated carbocycles. The lowest BCUT2D eigenvalue weighted by molar-refractivity contribution is -0.142. The van der Waals surface area contributed by atoms with Crippen LogP contribution in [0.3, 0.4) is 0 Å². The molecule has 1 saturated heterocycles. The van der Waals surface area contributed by atoms with Crippen molar-refractivity contribution in [3.05, 3.63) is 0 Å². The summed E-state index contributed by atoms with van der Waals surface area (Å²) in [5, 5.41) is 14.1. The number of urea groups is 1. The van der Waals surface area contributed by atoms with Crippen LogP contribution in [0, 0.1) is 0 Å². The van der Waals surface area contributed by atoms with Gasteiger partial charge >= 0.3 is 12.0 Å². The molecule has 1 rings (SSSR count). The third kappa shape index (κ3) is 4.69. The Morgan fingerprint density at radius 3 is 2.90 bits per heavy atom. The van der Waals surface area contributed by atoms with E-state index in [9.17, 15) is 14.4 Å². The molecule has 114 valence electrons. The van der Waals surface area contributed by atoms with Crippen LogP contribution in [0.25, 0.3) is 0 Å². The highest BCUT2D eigenvalue weighted by atomic mass is 16.5. The smallest absolute Gasteiger partial charge is 0.318 e. The molecule has 2 atom stereocenters. The van der Waals surface area contributed by atoms with E-state index in [0.29, 0.717) is 26.1 Å². The molecular weight excluding hydrogens is 266 g/mol. The molecule has 8 heteroatoms. The summed E-state index contributed by atoms with van der Waals surface area (Å²) >= 11 is 0. The molecular formula is C12H21N3O5. The molecule has 0 spiro atoms. The van der Waals surface area contributed by atoms with E-state index < -0.39 is 30.4 Å². The number of hydrogen-bond acceptors (Lipinski definition) is 4. The average molecular weight is 287 g/mol. The van der Waals surface area contributed by atoms with Gasteiger partial charge in [-0.05, 0) is 13.3 Å². The normalized spacial score (nSPS) is 20.2. The van der Waals surface area contributed by atoms with Crippen molar-refractivity contribution >= 4 is 17.9 Å². The van der Waals surface area contributed by atoms with E-state index in [1.165, 1.54) is 4.90 Å². The maximum absolute atomic E-state index is 12.1. The summed E-state index contributed by atoms with van der Waals surface area (Å²) in [6, 6.07) is -1.50. The van der Waals surface area contributed by atoms with E-state index in [0.717, 1.165) is 0 Å². The fraction of sp³-hybridized carbons (Fsp3) is 0.750. The second kappa shape index (κ2) is 7.68. The van der Waals surface area contributed by atoms with Gasteiger partial charge < -0.3 is 25.4 Å². The fourth-order valence-electron chi connectivity index (χ4n) is 1.99. The summed E-state index contributed by atoms with van der Waals surface area (Å²) in [6.45, 7) is 2.97. The molecule has 0 aromatic heterocycles. The van der Waals surface area contributed by atoms with Gasteiger partial charge in [0.25, 0.3) is 0 Å². The highest BCUT2D eigenvalue weighted by Gasteiger charge is 2.34. The lowest BCUT2D eigenvalue weighted by atomic mass is 10.1. The summed E-state index contributed by atoms with van der Waals surface area (Å²) in [6.07, 6.45) is 0.248. The standard InChI is InChI=1S/C12H21N3O5/c1-8(3-6-20-2)14-12(19)15-5-4-13-11(18)9(15)7-10(16)17/h8-9H,3-7H2,1-2H3,(H,13,18)(H,14,19)(H,16,17). The van der Waals surface area contributed by atoms with Crippen molar-refractivity contribution < 1.29 is 24.2 Å². The van der Waals surface area contributed by atoms with E-state index in [1.54, 1.807) is 7.11 Å². The first kappa shape index (κ1) is 16.2. The Bertz CT molecular complexity index is 374. The van der Waals surface area contributed by atoms with E-state index in [4.69, 9.17) is 9.84 Å². The molecule has 0 bridgehead atoms. The molecule has 1 aliphatic heterocycles. The van der Waals surface area contributed by atoms with Gasteiger partial charge in [0.05, 0.1) is 6.42 Å². The van der Waals surface area contributed by atoms with Crippen molar-refractivity contribution in [3.8, 4) is 0 Å². The lowest BCUT2D eigenvalue weighted by Crippen LogP contribution is -2.60. The summed E-state index contributed by atoms with van der Waals surface area (Å²) in [5.41, 5.74) is 0. The molecule has 0 radical (unpaired) electrons. The van der Waals surface area contributed by atoms with Crippen molar-refractivity contribution in [1.29, 1.82) is 0 Å². The summed E-state index contributed by atoms with van der Waals surface area (Å²) < 4.78 is 4.92. The van der Waals surface area contributed by atoms with E-state index in [2.05, 4.69) is 10.6 Å². The zero-order valence-corrected chi connectivity index (χ0v) is 11.7. The number of methoxy groups -OCH3 is 1. The minimum atomic E-state index is -1.11. The third-order valence-corrected chi connectivity index (χ3v) is 3.08. The molecule has 1 heterocycles. The predicted octanol–water partition coefficient (Wildman–Crippen LogP) is -0.604. The van der Waals surface area contributed by atoms with E-state index in [-0.39, 0.29) is 6.04 Å². The van der Waals surface area contributed by atoms with Crippen LogP contribution in [-0.4, -0.2) is 66.8 Å². The topological polar surface area (TPSA) is 108 Å². The number of nitrogens with one attached hydrogen (secondary N) is 2. The SMILES string of the molecule is COCCC(C)NC(=O)N1CCNC(=O)C1CC(=O)O. The first-order valence-electron chi connectivity index (χ1n) is 6.51. The number of nitrogens with zero attached hydrogens (tertiary/aromatic N) is 1. The largest absolute Gasteiger partial charge is 0.481 e. The monoisotopic (exact) mass is 287 g/mol. The van der Waals surface area contributed by atoms with Crippen molar-refractivity contribution in [3.63, 3.8) is 0 Å². The quantitative estimate of drug-likeness (QED) is 0.604. The number of ether oxygens (including phenoxy) is 1. The first-order valence-corrected chi connectivity index (χ1v) is 6.51. The van der Waals surface area contributed by atoms with Gasteiger partial charge in [-0.25, -0.2) is 4.79 Å². The van der Waals surface area contributed by atoms with Crippen LogP contribution in [0.15, 0.2) is 0 Å². The third-order valence-electron chi connectivity index (χ3n) is 3.08. The summed E-state index contributed by atoms with van der Waals surface area (Å²) in [5.74, 6) is -1.55. The Morgan fingerprint density at radius 1 is 1.60 bits per heavy atom. The zero-order valence-electron chi connectivity index (χ0n) is 11.7. The van der Waals surface area contributed by atoms with Gasteiger partial charge in [-0.3, -0.25) is 9.59 Å². The number of carbonyl (C=O) groups is 3. The van der Waals surface area contributed by atoms with Crippen molar-refractivity contribution in [2.24, 2.45) is 0 Å². The molecule has 0 aliphatic carbocycles. The minimum Gasteiger partial charge on any atom is -0.481 e. The minimum absolute atomic E-state index is 0.113. The van der Waals surface area contributed by atoms with Crippen LogP contribution in [0.1, 0.15) is 19.8 Å². The van der Waals surface area contributed by atoms with Gasteiger partial charge in [-0.1, -0.05) is 0 Å². The van der Waals surface area contributed by atoms with Gasteiger partial charge in [-0.15, -0.1) is 0 Å². The van der Waals surface area contributed by atoms with Crippen LogP contribution >= 0.6 is 0 Å². The van der Waals surface area contributed by atoms with E-state index >= 15 is 0 Å². The second-order valence-corrected chi connectivity index (χ2v) is 4.73. The lowest BCUT2D eigenvalue weighted by Gasteiger charge is -2.35. The Kier molecular flexibility index (Phi) is 6.23. The predicted molar refractivity (Wildman–Crippen MR) is 70.2 cm³/mol. The van der Waals surface area contributed by atoms with Crippen LogP contribution < -0.4 is 10.6 Å². The van der Waals surface area contributed by atoms with Gasteiger partial charge in [-0.2, -0.15) is 0 Å². The van der Waals surface area contributed by atoms with Crippen LogP contribution in [0.4, 0.5) is 4.79 Å². The Labute approximate surface area is 117 Å².